The normalized spacial score (nSPS) is 18.2. The van der Waals surface area contributed by atoms with Gasteiger partial charge in [0, 0.05) is 11.5 Å². The summed E-state index contributed by atoms with van der Waals surface area (Å²) >= 11 is 0. The van der Waals surface area contributed by atoms with Gasteiger partial charge in [0.25, 0.3) is 0 Å². The van der Waals surface area contributed by atoms with E-state index in [9.17, 15) is 0 Å². The van der Waals surface area contributed by atoms with Gasteiger partial charge in [0.05, 0.1) is 5.70 Å². The van der Waals surface area contributed by atoms with Crippen molar-refractivity contribution >= 4 is 0 Å². The highest BCUT2D eigenvalue weighted by molar-refractivity contribution is 5.10. The Morgan fingerprint density at radius 1 is 1.42 bits per heavy atom. The highest BCUT2D eigenvalue weighted by Crippen LogP contribution is 2.32. The molecule has 0 amide bonds. The molecular formula is C10H19NO. The summed E-state index contributed by atoms with van der Waals surface area (Å²) in [5.74, 6) is 0. The first-order chi connectivity index (χ1) is 5.43. The lowest BCUT2D eigenvalue weighted by Crippen LogP contribution is -2.33. The number of hydrogen-bond donors (Lipinski definition) is 0. The maximum atomic E-state index is 5.32. The Morgan fingerprint density at radius 2 is 2.00 bits per heavy atom. The number of allylic oxidation sites excluding steroid dienone is 1. The van der Waals surface area contributed by atoms with E-state index in [2.05, 4.69) is 39.5 Å². The van der Waals surface area contributed by atoms with Crippen molar-refractivity contribution < 1.29 is 4.74 Å². The van der Waals surface area contributed by atoms with Gasteiger partial charge in [-0.2, -0.15) is 0 Å². The van der Waals surface area contributed by atoms with Gasteiger partial charge < -0.3 is 9.64 Å². The molecule has 0 atom stereocenters. The van der Waals surface area contributed by atoms with Crippen LogP contribution in [0.1, 0.15) is 34.6 Å². The topological polar surface area (TPSA) is 12.5 Å². The lowest BCUT2D eigenvalue weighted by Gasteiger charge is -2.31. The van der Waals surface area contributed by atoms with Gasteiger partial charge in [-0.15, -0.1) is 0 Å². The zero-order valence-electron chi connectivity index (χ0n) is 8.72. The van der Waals surface area contributed by atoms with Crippen molar-refractivity contribution in [3.63, 3.8) is 0 Å². The van der Waals surface area contributed by atoms with E-state index in [1.807, 2.05) is 6.26 Å². The fraction of sp³-hybridized carbons (Fsp3) is 0.800. The largest absolute Gasteiger partial charge is 0.479 e. The Labute approximate surface area is 75.2 Å². The second kappa shape index (κ2) is 3.00. The molecule has 70 valence electrons. The first-order valence-electron chi connectivity index (χ1n) is 4.52. The molecule has 0 aliphatic carbocycles. The molecule has 1 aliphatic heterocycles. The Hall–Kier alpha value is -0.660. The van der Waals surface area contributed by atoms with Crippen LogP contribution in [0.3, 0.4) is 0 Å². The molecule has 0 saturated heterocycles. The first-order valence-corrected chi connectivity index (χ1v) is 4.52. The minimum absolute atomic E-state index is 0.195. The summed E-state index contributed by atoms with van der Waals surface area (Å²) in [5, 5.41) is 0. The molecule has 0 bridgehead atoms. The molecule has 0 saturated carbocycles. The SMILES string of the molecule is CC(C)N1COC=C1C(C)(C)C. The molecule has 0 N–H and O–H groups in total. The van der Waals surface area contributed by atoms with E-state index in [-0.39, 0.29) is 5.41 Å². The van der Waals surface area contributed by atoms with Gasteiger partial charge in [-0.1, -0.05) is 20.8 Å². The molecule has 0 unspecified atom stereocenters. The van der Waals surface area contributed by atoms with E-state index >= 15 is 0 Å². The summed E-state index contributed by atoms with van der Waals surface area (Å²) in [5.41, 5.74) is 1.50. The van der Waals surface area contributed by atoms with E-state index in [1.165, 1.54) is 5.70 Å². The standard InChI is InChI=1S/C10H19NO/c1-8(2)11-7-12-6-9(11)10(3,4)5/h6,8H,7H2,1-5H3. The van der Waals surface area contributed by atoms with E-state index < -0.39 is 0 Å². The molecule has 2 nitrogen and oxygen atoms in total. The van der Waals surface area contributed by atoms with E-state index in [0.29, 0.717) is 12.8 Å². The van der Waals surface area contributed by atoms with Crippen LogP contribution in [0.25, 0.3) is 0 Å². The molecule has 2 heteroatoms. The van der Waals surface area contributed by atoms with Crippen molar-refractivity contribution in [3.8, 4) is 0 Å². The fourth-order valence-electron chi connectivity index (χ4n) is 1.37. The smallest absolute Gasteiger partial charge is 0.160 e. The summed E-state index contributed by atoms with van der Waals surface area (Å²) in [6.45, 7) is 11.7. The van der Waals surface area contributed by atoms with E-state index in [0.717, 1.165) is 0 Å². The number of ether oxygens (including phenoxy) is 1. The summed E-state index contributed by atoms with van der Waals surface area (Å²) in [7, 11) is 0. The van der Waals surface area contributed by atoms with Crippen LogP contribution < -0.4 is 0 Å². The van der Waals surface area contributed by atoms with Gasteiger partial charge in [-0.25, -0.2) is 0 Å². The quantitative estimate of drug-likeness (QED) is 0.598. The Balaban J connectivity index is 2.76. The monoisotopic (exact) mass is 169 g/mol. The van der Waals surface area contributed by atoms with Gasteiger partial charge in [-0.05, 0) is 13.8 Å². The average Bonchev–Trinajstić information content (AvgIpc) is 2.30. The van der Waals surface area contributed by atoms with Crippen LogP contribution in [0, 0.1) is 5.41 Å². The van der Waals surface area contributed by atoms with Gasteiger partial charge >= 0.3 is 0 Å². The van der Waals surface area contributed by atoms with Crippen molar-refractivity contribution in [3.05, 3.63) is 12.0 Å². The average molecular weight is 169 g/mol. The maximum absolute atomic E-state index is 5.32. The van der Waals surface area contributed by atoms with Crippen molar-refractivity contribution in [1.29, 1.82) is 0 Å². The molecule has 0 aromatic rings. The molecule has 0 aromatic heterocycles. The second-order valence-corrected chi connectivity index (χ2v) is 4.61. The number of hydrogen-bond acceptors (Lipinski definition) is 2. The first kappa shape index (κ1) is 9.43. The fourth-order valence-corrected chi connectivity index (χ4v) is 1.37. The molecule has 12 heavy (non-hydrogen) atoms. The predicted octanol–water partition coefficient (Wildman–Crippen LogP) is 2.57. The molecule has 0 radical (unpaired) electrons. The van der Waals surface area contributed by atoms with Gasteiger partial charge in [-0.3, -0.25) is 0 Å². The Kier molecular flexibility index (Phi) is 2.36. The van der Waals surface area contributed by atoms with E-state index in [4.69, 9.17) is 4.74 Å². The Bertz CT molecular complexity index is 189. The van der Waals surface area contributed by atoms with Crippen LogP contribution in [0.2, 0.25) is 0 Å². The Morgan fingerprint density at radius 3 is 2.33 bits per heavy atom. The van der Waals surface area contributed by atoms with Crippen LogP contribution in [0.4, 0.5) is 0 Å². The summed E-state index contributed by atoms with van der Waals surface area (Å²) in [6, 6.07) is 0.526. The minimum atomic E-state index is 0.195. The molecule has 1 heterocycles. The van der Waals surface area contributed by atoms with Gasteiger partial charge in [0.15, 0.2) is 6.73 Å². The van der Waals surface area contributed by atoms with Crippen molar-refractivity contribution in [2.75, 3.05) is 6.73 Å². The van der Waals surface area contributed by atoms with Crippen molar-refractivity contribution in [2.45, 2.75) is 40.7 Å². The number of nitrogens with zero attached hydrogens (tertiary/aromatic N) is 1. The zero-order valence-corrected chi connectivity index (χ0v) is 8.72. The molecule has 0 spiro atoms. The van der Waals surface area contributed by atoms with E-state index in [1.54, 1.807) is 0 Å². The molecule has 0 fully saturated rings. The highest BCUT2D eigenvalue weighted by Gasteiger charge is 2.28. The number of rotatable bonds is 1. The third kappa shape index (κ3) is 1.74. The summed E-state index contributed by atoms with van der Waals surface area (Å²) < 4.78 is 5.32. The molecule has 0 aromatic carbocycles. The third-order valence-corrected chi connectivity index (χ3v) is 2.11. The second-order valence-electron chi connectivity index (χ2n) is 4.61. The van der Waals surface area contributed by atoms with Gasteiger partial charge in [0.1, 0.15) is 6.26 Å². The van der Waals surface area contributed by atoms with Crippen LogP contribution in [0.15, 0.2) is 12.0 Å². The lowest BCUT2D eigenvalue weighted by atomic mass is 9.91. The highest BCUT2D eigenvalue weighted by atomic mass is 16.5. The third-order valence-electron chi connectivity index (χ3n) is 2.11. The van der Waals surface area contributed by atoms with Crippen LogP contribution in [-0.4, -0.2) is 17.7 Å². The molecule has 1 aliphatic rings. The molecule has 1 rings (SSSR count). The van der Waals surface area contributed by atoms with Crippen LogP contribution in [0.5, 0.6) is 0 Å². The summed E-state index contributed by atoms with van der Waals surface area (Å²) in [4.78, 5) is 2.29. The molecular weight excluding hydrogens is 150 g/mol. The van der Waals surface area contributed by atoms with Crippen LogP contribution >= 0.6 is 0 Å². The van der Waals surface area contributed by atoms with Gasteiger partial charge in [0.2, 0.25) is 0 Å². The summed E-state index contributed by atoms with van der Waals surface area (Å²) in [6.07, 6.45) is 1.89. The predicted molar refractivity (Wildman–Crippen MR) is 50.5 cm³/mol. The minimum Gasteiger partial charge on any atom is -0.479 e. The van der Waals surface area contributed by atoms with Crippen LogP contribution in [-0.2, 0) is 4.74 Å². The maximum Gasteiger partial charge on any atom is 0.160 e. The van der Waals surface area contributed by atoms with Crippen molar-refractivity contribution in [2.24, 2.45) is 5.41 Å². The van der Waals surface area contributed by atoms with Crippen molar-refractivity contribution in [1.82, 2.24) is 4.90 Å². The lowest BCUT2D eigenvalue weighted by molar-refractivity contribution is 0.130. The zero-order chi connectivity index (χ0) is 9.35.